The van der Waals surface area contributed by atoms with Crippen LogP contribution in [0.5, 0.6) is 0 Å². The van der Waals surface area contributed by atoms with Crippen LogP contribution in [0.4, 0.5) is 0 Å². The molecule has 0 radical (unpaired) electrons. The van der Waals surface area contributed by atoms with Crippen molar-refractivity contribution in [2.75, 3.05) is 0 Å². The number of carbonyl (C=O) groups excluding carboxylic acids is 2. The van der Waals surface area contributed by atoms with Crippen LogP contribution < -0.4 is 0 Å². The van der Waals surface area contributed by atoms with Crippen LogP contribution in [-0.4, -0.2) is 15.9 Å². The fourth-order valence-electron chi connectivity index (χ4n) is 2.55. The minimum atomic E-state index is -1.31. The van der Waals surface area contributed by atoms with Crippen molar-refractivity contribution < 1.29 is 9.59 Å². The Kier molecular flexibility index (Phi) is 2.71. The molecule has 0 amide bonds. The van der Waals surface area contributed by atoms with Gasteiger partial charge in [-0.15, -0.1) is 0 Å². The third-order valence-electron chi connectivity index (χ3n) is 4.08. The zero-order chi connectivity index (χ0) is 12.1. The third-order valence-corrected chi connectivity index (χ3v) is 5.36. The van der Waals surface area contributed by atoms with Gasteiger partial charge in [-0.1, -0.05) is 36.2 Å². The molecule has 2 aliphatic carbocycles. The molecule has 0 heterocycles. The van der Waals surface area contributed by atoms with E-state index in [1.54, 1.807) is 0 Å². The minimum absolute atomic E-state index is 0.0800. The van der Waals surface area contributed by atoms with Gasteiger partial charge in [0.25, 0.3) is 0 Å². The van der Waals surface area contributed by atoms with Crippen LogP contribution >= 0.6 is 23.2 Å². The minimum Gasteiger partial charge on any atom is -0.296 e. The lowest BCUT2D eigenvalue weighted by atomic mass is 9.57. The SMILES string of the molecule is CC1=CC[C@@H]([C@@]2(C)CC(=O)C2(Cl)Cl)CC1=O. The summed E-state index contributed by atoms with van der Waals surface area (Å²) < 4.78 is -1.31. The van der Waals surface area contributed by atoms with Crippen molar-refractivity contribution in [3.63, 3.8) is 0 Å². The van der Waals surface area contributed by atoms with Gasteiger partial charge in [-0.2, -0.15) is 0 Å². The van der Waals surface area contributed by atoms with Crippen LogP contribution in [0.1, 0.15) is 33.1 Å². The summed E-state index contributed by atoms with van der Waals surface area (Å²) in [5.74, 6) is 0.0921. The summed E-state index contributed by atoms with van der Waals surface area (Å²) in [4.78, 5) is 23.0. The number of carbonyl (C=O) groups is 2. The van der Waals surface area contributed by atoms with E-state index in [1.165, 1.54) is 0 Å². The van der Waals surface area contributed by atoms with Crippen molar-refractivity contribution in [2.45, 2.75) is 37.4 Å². The van der Waals surface area contributed by atoms with Gasteiger partial charge in [0.1, 0.15) is 0 Å². The molecule has 0 N–H and O–H groups in total. The molecule has 1 saturated carbocycles. The molecule has 4 heteroatoms. The van der Waals surface area contributed by atoms with E-state index in [2.05, 4.69) is 0 Å². The molecule has 0 spiro atoms. The molecule has 0 aliphatic heterocycles. The lowest BCUT2D eigenvalue weighted by Crippen LogP contribution is -2.60. The molecule has 0 saturated heterocycles. The van der Waals surface area contributed by atoms with E-state index in [0.717, 1.165) is 12.0 Å². The molecule has 2 rings (SSSR count). The van der Waals surface area contributed by atoms with Crippen LogP contribution in [0.25, 0.3) is 0 Å². The first-order valence-corrected chi connectivity index (χ1v) is 6.15. The van der Waals surface area contributed by atoms with E-state index in [4.69, 9.17) is 23.2 Å². The number of alkyl halides is 2. The molecule has 2 aliphatic rings. The van der Waals surface area contributed by atoms with Crippen LogP contribution in [0, 0.1) is 11.3 Å². The lowest BCUT2D eigenvalue weighted by Gasteiger charge is -2.53. The maximum Gasteiger partial charge on any atom is 0.181 e. The number of rotatable bonds is 1. The zero-order valence-electron chi connectivity index (χ0n) is 9.35. The fourth-order valence-corrected chi connectivity index (χ4v) is 3.13. The van der Waals surface area contributed by atoms with Gasteiger partial charge in [0.15, 0.2) is 15.9 Å². The highest BCUT2D eigenvalue weighted by atomic mass is 35.5. The molecular weight excluding hydrogens is 247 g/mol. The number of Topliss-reactive ketones (excluding diaryl/α,β-unsaturated/α-hetero) is 2. The third kappa shape index (κ3) is 1.46. The summed E-state index contributed by atoms with van der Waals surface area (Å²) in [6.07, 6.45) is 3.54. The first-order valence-electron chi connectivity index (χ1n) is 5.40. The molecule has 0 unspecified atom stereocenters. The average Bonchev–Trinajstić information content (AvgIpc) is 2.22. The Bertz CT molecular complexity index is 398. The van der Waals surface area contributed by atoms with E-state index in [0.29, 0.717) is 12.8 Å². The van der Waals surface area contributed by atoms with Crippen molar-refractivity contribution in [3.05, 3.63) is 11.6 Å². The standard InChI is InChI=1S/C12H14Cl2O2/c1-7-3-4-8(5-9(7)15)11(2)6-10(16)12(11,13)14/h3,8H,4-6H2,1-2H3/t8-,11-/m1/s1. The second-order valence-corrected chi connectivity index (χ2v) is 6.37. The molecular formula is C12H14Cl2O2. The van der Waals surface area contributed by atoms with Gasteiger partial charge in [-0.3, -0.25) is 9.59 Å². The van der Waals surface area contributed by atoms with E-state index in [9.17, 15) is 9.59 Å². The smallest absolute Gasteiger partial charge is 0.181 e. The maximum atomic E-state index is 11.6. The molecule has 2 nitrogen and oxygen atoms in total. The lowest BCUT2D eigenvalue weighted by molar-refractivity contribution is -0.138. The Morgan fingerprint density at radius 3 is 2.44 bits per heavy atom. The Hall–Kier alpha value is -0.340. The molecule has 16 heavy (non-hydrogen) atoms. The molecule has 2 atom stereocenters. The number of ketones is 2. The summed E-state index contributed by atoms with van der Waals surface area (Å²) in [5.41, 5.74) is 0.348. The molecule has 0 aromatic heterocycles. The zero-order valence-corrected chi connectivity index (χ0v) is 10.9. The van der Waals surface area contributed by atoms with Crippen LogP contribution in [-0.2, 0) is 9.59 Å². The first kappa shape index (κ1) is 12.1. The topological polar surface area (TPSA) is 34.1 Å². The van der Waals surface area contributed by atoms with E-state index in [-0.39, 0.29) is 17.5 Å². The number of hydrogen-bond acceptors (Lipinski definition) is 2. The van der Waals surface area contributed by atoms with E-state index >= 15 is 0 Å². The summed E-state index contributed by atoms with van der Waals surface area (Å²) >= 11 is 12.1. The Labute approximate surface area is 105 Å². The second-order valence-electron chi connectivity index (χ2n) is 5.04. The average molecular weight is 261 g/mol. The predicted octanol–water partition coefficient (Wildman–Crippen LogP) is 3.06. The van der Waals surface area contributed by atoms with Gasteiger partial charge in [0, 0.05) is 18.3 Å². The monoisotopic (exact) mass is 260 g/mol. The molecule has 0 bridgehead atoms. The summed E-state index contributed by atoms with van der Waals surface area (Å²) in [6.45, 7) is 3.72. The molecule has 1 fully saturated rings. The Balaban J connectivity index is 2.22. The van der Waals surface area contributed by atoms with Crippen LogP contribution in [0.3, 0.4) is 0 Å². The number of halogens is 2. The Morgan fingerprint density at radius 2 is 2.00 bits per heavy atom. The van der Waals surface area contributed by atoms with Crippen molar-refractivity contribution in [1.29, 1.82) is 0 Å². The number of hydrogen-bond donors (Lipinski definition) is 0. The second kappa shape index (κ2) is 3.58. The number of allylic oxidation sites excluding steroid dienone is 2. The predicted molar refractivity (Wildman–Crippen MR) is 63.7 cm³/mol. The van der Waals surface area contributed by atoms with Gasteiger partial charge >= 0.3 is 0 Å². The van der Waals surface area contributed by atoms with Gasteiger partial charge in [0.2, 0.25) is 0 Å². The van der Waals surface area contributed by atoms with Gasteiger partial charge < -0.3 is 0 Å². The van der Waals surface area contributed by atoms with Crippen molar-refractivity contribution in [1.82, 2.24) is 0 Å². The quantitative estimate of drug-likeness (QED) is 0.680. The fraction of sp³-hybridized carbons (Fsp3) is 0.667. The molecule has 0 aromatic carbocycles. The van der Waals surface area contributed by atoms with E-state index < -0.39 is 9.75 Å². The maximum absolute atomic E-state index is 11.6. The van der Waals surface area contributed by atoms with Crippen molar-refractivity contribution >= 4 is 34.8 Å². The highest BCUT2D eigenvalue weighted by Crippen LogP contribution is 2.60. The Morgan fingerprint density at radius 1 is 1.38 bits per heavy atom. The van der Waals surface area contributed by atoms with Crippen LogP contribution in [0.15, 0.2) is 11.6 Å². The molecule has 88 valence electrons. The summed E-state index contributed by atoms with van der Waals surface area (Å²) in [5, 5.41) is 0. The highest BCUT2D eigenvalue weighted by molar-refractivity contribution is 6.61. The first-order chi connectivity index (χ1) is 7.29. The summed E-state index contributed by atoms with van der Waals surface area (Å²) in [6, 6.07) is 0. The molecule has 0 aromatic rings. The summed E-state index contributed by atoms with van der Waals surface area (Å²) in [7, 11) is 0. The highest BCUT2D eigenvalue weighted by Gasteiger charge is 2.64. The van der Waals surface area contributed by atoms with Crippen molar-refractivity contribution in [3.8, 4) is 0 Å². The van der Waals surface area contributed by atoms with Crippen molar-refractivity contribution in [2.24, 2.45) is 11.3 Å². The van der Waals surface area contributed by atoms with Crippen LogP contribution in [0.2, 0.25) is 0 Å². The van der Waals surface area contributed by atoms with Gasteiger partial charge in [-0.25, -0.2) is 0 Å². The largest absolute Gasteiger partial charge is 0.296 e. The normalized spacial score (nSPS) is 38.0. The van der Waals surface area contributed by atoms with E-state index in [1.807, 2.05) is 19.9 Å². The van der Waals surface area contributed by atoms with Gasteiger partial charge in [0.05, 0.1) is 0 Å². The van der Waals surface area contributed by atoms with Gasteiger partial charge in [-0.05, 0) is 24.8 Å².